The molecule has 0 aliphatic rings. The summed E-state index contributed by atoms with van der Waals surface area (Å²) in [5, 5.41) is 39.5. The van der Waals surface area contributed by atoms with Crippen LogP contribution in [0, 0.1) is 0 Å². The second-order valence-electron chi connectivity index (χ2n) is 30.3. The van der Waals surface area contributed by atoms with Crippen LogP contribution in [0.5, 0.6) is 0 Å². The Labute approximate surface area is 824 Å². The molecule has 133 heavy (non-hydrogen) atoms. The molecule has 2 heterocycles. The predicted octanol–water partition coefficient (Wildman–Crippen LogP) is 27.6. The topological polar surface area (TPSA) is 66.7 Å². The first kappa shape index (κ1) is 95.4. The van der Waals surface area contributed by atoms with Crippen LogP contribution in [0.4, 0.5) is 0 Å². The molecule has 0 amide bonds. The average Bonchev–Trinajstić information content (AvgIpc) is 1.62. The molecule has 0 atom stereocenters. The molecular formula is C120H92BBr3O4P4Pd. The summed E-state index contributed by atoms with van der Waals surface area (Å²) in [4.78, 5) is 0. The molecule has 650 valence electrons. The zero-order valence-corrected chi connectivity index (χ0v) is 82.4. The minimum atomic E-state index is -1.51. The normalized spacial score (nSPS) is 10.7. The van der Waals surface area contributed by atoms with Crippen molar-refractivity contribution in [2.24, 2.45) is 0 Å². The first-order valence-corrected chi connectivity index (χ1v) is 51.2. The Hall–Kier alpha value is -12.2. The van der Waals surface area contributed by atoms with Crippen molar-refractivity contribution in [2.45, 2.75) is 0 Å². The summed E-state index contributed by atoms with van der Waals surface area (Å²) >= 11 is 10.8. The summed E-state index contributed by atoms with van der Waals surface area (Å²) < 4.78 is 15.2. The van der Waals surface area contributed by atoms with Gasteiger partial charge in [0.1, 0.15) is 22.3 Å². The van der Waals surface area contributed by atoms with Crippen LogP contribution in [-0.2, 0) is 20.4 Å². The maximum Gasteiger partial charge on any atom is 0.492 e. The van der Waals surface area contributed by atoms with E-state index in [1.54, 1.807) is 12.1 Å². The average molecular weight is 2080 g/mol. The smallest absolute Gasteiger partial charge is 0.456 e. The van der Waals surface area contributed by atoms with Crippen molar-refractivity contribution in [3.63, 3.8) is 0 Å². The van der Waals surface area contributed by atoms with Crippen LogP contribution in [0.3, 0.4) is 0 Å². The fourth-order valence-corrected chi connectivity index (χ4v) is 26.4. The number of halogens is 3. The van der Waals surface area contributed by atoms with Crippen LogP contribution >= 0.6 is 79.5 Å². The third kappa shape index (κ3) is 25.0. The number of furan rings is 2. The van der Waals surface area contributed by atoms with Crippen molar-refractivity contribution >= 4 is 200 Å². The van der Waals surface area contributed by atoms with E-state index < -0.39 is 38.8 Å². The first-order chi connectivity index (χ1) is 65.2. The van der Waals surface area contributed by atoms with E-state index in [1.165, 1.54) is 91.5 Å². The number of para-hydroxylation sites is 4. The monoisotopic (exact) mass is 2070 g/mol. The van der Waals surface area contributed by atoms with E-state index in [2.05, 4.69) is 509 Å². The summed E-state index contributed by atoms with van der Waals surface area (Å²) in [5.41, 5.74) is 10.6. The van der Waals surface area contributed by atoms with Gasteiger partial charge in [0.05, 0.1) is 0 Å². The van der Waals surface area contributed by atoms with E-state index >= 15 is 0 Å². The molecule has 0 aliphatic carbocycles. The van der Waals surface area contributed by atoms with E-state index in [1.807, 2.05) is 72.8 Å². The van der Waals surface area contributed by atoms with Crippen molar-refractivity contribution in [3.8, 4) is 33.4 Å². The number of rotatable bonds is 16. The molecule has 0 saturated heterocycles. The molecule has 0 aliphatic heterocycles. The quantitative estimate of drug-likeness (QED) is 0.0747. The third-order valence-corrected chi connectivity index (χ3v) is 33.6. The first-order valence-electron chi connectivity index (χ1n) is 43.5. The Bertz CT molecular complexity index is 6390. The molecule has 2 aromatic heterocycles. The van der Waals surface area contributed by atoms with Crippen molar-refractivity contribution in [1.82, 2.24) is 0 Å². The standard InChI is InChI=1S/C24H15BrO.4C18H15P.C12H9BO3.C12H8Br2.Pd/c25-22-14-5-3-10-18(22)16-8-1-2-9-17(16)20-12-7-13-21-19-11-4-6-15-23(19)26-24(20)21;4*1-4-10-16(11-5-1)19(17-12-6-2-7-13-17)18-14-8-3-9-15-18;14-13(15)10-6-3-5-9-8-4-1-2-7-11(8)16-12(9)10;13-11-7-3-1-5-9(11)10-6-2-4-8-12(10)14;/h1-15H;4*1-15H;1-7,14-15H;1-8H;. The van der Waals surface area contributed by atoms with Crippen LogP contribution < -0.4 is 69.1 Å². The zero-order chi connectivity index (χ0) is 90.3. The molecule has 0 unspecified atom stereocenters. The Morgan fingerprint density at radius 2 is 0.338 bits per heavy atom. The molecule has 22 aromatic rings. The molecule has 0 bridgehead atoms. The van der Waals surface area contributed by atoms with Crippen LogP contribution in [0.15, 0.2) is 568 Å². The van der Waals surface area contributed by atoms with Crippen LogP contribution in [0.25, 0.3) is 77.3 Å². The Kier molecular flexibility index (Phi) is 35.5. The van der Waals surface area contributed by atoms with Gasteiger partial charge in [-0.3, -0.25) is 0 Å². The van der Waals surface area contributed by atoms with Gasteiger partial charge in [0, 0.05) is 66.4 Å². The SMILES string of the molecule is Brc1ccccc1-c1ccccc1-c1cccc2c1oc1ccccc12.Brc1ccccc1-c1ccccc1Br.OB(O)c1cccc2c1oc1ccccc12.[Pd].c1ccc(P(c2ccccc2)c2ccccc2)cc1.c1ccc(P(c2ccccc2)c2ccccc2)cc1.c1ccc(P(c2ccccc2)c2ccccc2)cc1.c1ccc(P(c2ccccc2)c2ccccc2)cc1. The van der Waals surface area contributed by atoms with Crippen molar-refractivity contribution in [1.29, 1.82) is 0 Å². The van der Waals surface area contributed by atoms with Crippen LogP contribution in [0.1, 0.15) is 0 Å². The summed E-state index contributed by atoms with van der Waals surface area (Å²) in [7, 11) is -3.29. The summed E-state index contributed by atoms with van der Waals surface area (Å²) in [6.07, 6.45) is 0. The molecule has 4 nitrogen and oxygen atoms in total. The molecule has 0 spiro atoms. The van der Waals surface area contributed by atoms with E-state index in [0.717, 1.165) is 57.3 Å². The van der Waals surface area contributed by atoms with E-state index in [-0.39, 0.29) is 20.4 Å². The van der Waals surface area contributed by atoms with E-state index in [0.29, 0.717) is 11.0 Å². The molecule has 0 radical (unpaired) electrons. The fraction of sp³-hybridized carbons (Fsp3) is 0. The van der Waals surface area contributed by atoms with Gasteiger partial charge in [-0.2, -0.15) is 0 Å². The number of hydrogen-bond donors (Lipinski definition) is 2. The maximum absolute atomic E-state index is 9.24. The van der Waals surface area contributed by atoms with Gasteiger partial charge in [-0.1, -0.05) is 563 Å². The molecule has 13 heteroatoms. The van der Waals surface area contributed by atoms with Gasteiger partial charge < -0.3 is 18.9 Å². The third-order valence-electron chi connectivity index (χ3n) is 21.7. The minimum Gasteiger partial charge on any atom is -0.456 e. The predicted molar refractivity (Wildman–Crippen MR) is 584 cm³/mol. The summed E-state index contributed by atoms with van der Waals surface area (Å²) in [6.45, 7) is 0. The van der Waals surface area contributed by atoms with Crippen molar-refractivity contribution in [3.05, 3.63) is 559 Å². The molecular weight excluding hydrogens is 1990 g/mol. The van der Waals surface area contributed by atoms with Crippen LogP contribution in [0.2, 0.25) is 0 Å². The van der Waals surface area contributed by atoms with E-state index in [9.17, 15) is 10.0 Å². The molecule has 0 fully saturated rings. The summed E-state index contributed by atoms with van der Waals surface area (Å²) in [5.74, 6) is 0. The number of hydrogen-bond acceptors (Lipinski definition) is 4. The van der Waals surface area contributed by atoms with Gasteiger partial charge in [-0.25, -0.2) is 0 Å². The fourth-order valence-electron chi connectivity index (χ4n) is 15.6. The van der Waals surface area contributed by atoms with Crippen molar-refractivity contribution < 1.29 is 39.3 Å². The largest absolute Gasteiger partial charge is 0.492 e. The molecule has 0 saturated carbocycles. The number of benzene rings is 20. The maximum atomic E-state index is 9.24. The van der Waals surface area contributed by atoms with Gasteiger partial charge in [0.15, 0.2) is 0 Å². The van der Waals surface area contributed by atoms with Gasteiger partial charge in [0.2, 0.25) is 0 Å². The molecule has 20 aromatic carbocycles. The molecule has 2 N–H and O–H groups in total. The van der Waals surface area contributed by atoms with Crippen molar-refractivity contribution in [2.75, 3.05) is 0 Å². The van der Waals surface area contributed by atoms with Gasteiger partial charge in [-0.05, 0) is 153 Å². The summed E-state index contributed by atoms with van der Waals surface area (Å²) in [6, 6.07) is 190. The zero-order valence-electron chi connectivity index (χ0n) is 72.5. The number of fused-ring (bicyclic) bond motifs is 6. The second-order valence-corrected chi connectivity index (χ2v) is 41.8. The Morgan fingerprint density at radius 1 is 0.165 bits per heavy atom. The van der Waals surface area contributed by atoms with E-state index in [4.69, 9.17) is 8.83 Å². The minimum absolute atomic E-state index is 0. The van der Waals surface area contributed by atoms with Gasteiger partial charge in [-0.15, -0.1) is 0 Å². The van der Waals surface area contributed by atoms with Gasteiger partial charge in [0.25, 0.3) is 0 Å². The Balaban J connectivity index is 0.000000119. The second kappa shape index (κ2) is 49.5. The van der Waals surface area contributed by atoms with Crippen LogP contribution in [-0.4, -0.2) is 17.2 Å². The molecule has 22 rings (SSSR count). The Morgan fingerprint density at radius 3 is 0.586 bits per heavy atom. The van der Waals surface area contributed by atoms with Gasteiger partial charge >= 0.3 is 7.12 Å².